The summed E-state index contributed by atoms with van der Waals surface area (Å²) >= 11 is 2.70. The molecule has 1 atom stereocenters. The van der Waals surface area contributed by atoms with Crippen LogP contribution in [0.4, 0.5) is 5.69 Å². The van der Waals surface area contributed by atoms with Gasteiger partial charge in [-0.2, -0.15) is 0 Å². The number of thiophene rings is 1. The number of anilines is 1. The smallest absolute Gasteiger partial charge is 0.268 e. The Morgan fingerprint density at radius 1 is 1.11 bits per heavy atom. The van der Waals surface area contributed by atoms with Crippen LogP contribution < -0.4 is 10.5 Å². The van der Waals surface area contributed by atoms with Crippen LogP contribution in [0.25, 0.3) is 27.2 Å². The molecule has 0 spiro atoms. The molecule has 0 fully saturated rings. The maximum atomic E-state index is 13.8. The molecule has 0 N–H and O–H groups in total. The van der Waals surface area contributed by atoms with E-state index < -0.39 is 0 Å². The number of thioether (sulfide) groups is 1. The van der Waals surface area contributed by atoms with Gasteiger partial charge in [-0.15, -0.1) is 11.3 Å². The van der Waals surface area contributed by atoms with E-state index >= 15 is 0 Å². The number of fused-ring (bicyclic) bond motifs is 2. The second kappa shape index (κ2) is 8.87. The fourth-order valence-electron chi connectivity index (χ4n) is 4.63. The maximum absolute atomic E-state index is 13.8. The molecule has 4 heterocycles. The zero-order valence-electron chi connectivity index (χ0n) is 18.9. The number of furan rings is 1. The zero-order valence-corrected chi connectivity index (χ0v) is 20.5. The number of carbonyl (C=O) groups is 1. The molecule has 35 heavy (non-hydrogen) atoms. The quantitative estimate of drug-likeness (QED) is 0.227. The summed E-state index contributed by atoms with van der Waals surface area (Å²) < 4.78 is 7.16. The number of hydrogen-bond acceptors (Lipinski definition) is 6. The van der Waals surface area contributed by atoms with Crippen molar-refractivity contribution in [3.63, 3.8) is 0 Å². The molecule has 1 aliphatic rings. The van der Waals surface area contributed by atoms with Crippen LogP contribution in [-0.2, 0) is 11.2 Å². The molecule has 1 aliphatic heterocycles. The van der Waals surface area contributed by atoms with E-state index in [2.05, 4.69) is 13.0 Å². The molecule has 3 aromatic heterocycles. The number of rotatable bonds is 5. The van der Waals surface area contributed by atoms with E-state index in [-0.39, 0.29) is 23.3 Å². The van der Waals surface area contributed by atoms with Crippen molar-refractivity contribution in [3.05, 3.63) is 94.3 Å². The van der Waals surface area contributed by atoms with E-state index in [1.54, 1.807) is 16.9 Å². The third kappa shape index (κ3) is 3.79. The van der Waals surface area contributed by atoms with Crippen LogP contribution in [0.3, 0.4) is 0 Å². The van der Waals surface area contributed by atoms with Gasteiger partial charge in [0.25, 0.3) is 5.56 Å². The number of para-hydroxylation sites is 2. The Labute approximate surface area is 209 Å². The lowest BCUT2D eigenvalue weighted by molar-refractivity contribution is -0.116. The van der Waals surface area contributed by atoms with Gasteiger partial charge < -0.3 is 9.32 Å². The Hall–Kier alpha value is -3.62. The normalized spacial score (nSPS) is 15.0. The molecule has 0 radical (unpaired) electrons. The molecular formula is C27H21N3O3S2. The van der Waals surface area contributed by atoms with Gasteiger partial charge in [-0.25, -0.2) is 4.98 Å². The SMILES string of the molecule is CC1Cc2ccccc2N1C(=O)CSc1nc2scc(-c3ccco3)c2c(=O)n1-c1ccccc1. The number of benzene rings is 2. The maximum Gasteiger partial charge on any atom is 0.268 e. The van der Waals surface area contributed by atoms with Gasteiger partial charge in [0.1, 0.15) is 10.6 Å². The number of carbonyl (C=O) groups excluding carboxylic acids is 1. The van der Waals surface area contributed by atoms with E-state index in [4.69, 9.17) is 9.40 Å². The predicted molar refractivity (Wildman–Crippen MR) is 141 cm³/mol. The molecule has 174 valence electrons. The number of nitrogens with zero attached hydrogens (tertiary/aromatic N) is 3. The molecule has 0 bridgehead atoms. The van der Waals surface area contributed by atoms with Crippen LogP contribution in [-0.4, -0.2) is 27.3 Å². The van der Waals surface area contributed by atoms with Crippen molar-refractivity contribution in [2.45, 2.75) is 24.5 Å². The second-order valence-corrected chi connectivity index (χ2v) is 10.2. The van der Waals surface area contributed by atoms with Crippen molar-refractivity contribution >= 4 is 44.9 Å². The molecule has 0 aliphatic carbocycles. The summed E-state index contributed by atoms with van der Waals surface area (Å²) in [6.07, 6.45) is 2.44. The van der Waals surface area contributed by atoms with Crippen molar-refractivity contribution in [2.24, 2.45) is 0 Å². The Bertz CT molecular complexity index is 1590. The van der Waals surface area contributed by atoms with Crippen LogP contribution in [0, 0.1) is 0 Å². The lowest BCUT2D eigenvalue weighted by atomic mass is 10.1. The Kier molecular flexibility index (Phi) is 5.54. The zero-order chi connectivity index (χ0) is 23.9. The Balaban J connectivity index is 1.40. The Morgan fingerprint density at radius 2 is 1.91 bits per heavy atom. The summed E-state index contributed by atoms with van der Waals surface area (Å²) in [5, 5.41) is 2.91. The molecule has 1 amide bonds. The molecule has 5 aromatic rings. The summed E-state index contributed by atoms with van der Waals surface area (Å²) in [6, 6.07) is 21.2. The van der Waals surface area contributed by atoms with Gasteiger partial charge in [0, 0.05) is 22.7 Å². The average molecular weight is 500 g/mol. The summed E-state index contributed by atoms with van der Waals surface area (Å²) in [5.74, 6) is 0.816. The monoisotopic (exact) mass is 499 g/mol. The van der Waals surface area contributed by atoms with Crippen molar-refractivity contribution < 1.29 is 9.21 Å². The molecule has 1 unspecified atom stereocenters. The highest BCUT2D eigenvalue weighted by Gasteiger charge is 2.31. The molecule has 0 saturated heterocycles. The molecular weight excluding hydrogens is 478 g/mol. The summed E-state index contributed by atoms with van der Waals surface area (Å²) in [4.78, 5) is 34.5. The fraction of sp³-hybridized carbons (Fsp3) is 0.148. The van der Waals surface area contributed by atoms with Crippen LogP contribution in [0.5, 0.6) is 0 Å². The molecule has 8 heteroatoms. The van der Waals surface area contributed by atoms with Crippen molar-refractivity contribution in [3.8, 4) is 17.0 Å². The predicted octanol–water partition coefficient (Wildman–Crippen LogP) is 5.78. The largest absolute Gasteiger partial charge is 0.464 e. The van der Waals surface area contributed by atoms with Crippen LogP contribution in [0.2, 0.25) is 0 Å². The van der Waals surface area contributed by atoms with E-state index in [1.807, 2.05) is 64.9 Å². The number of aromatic nitrogens is 2. The minimum atomic E-state index is -0.177. The summed E-state index contributed by atoms with van der Waals surface area (Å²) in [5.41, 5.74) is 3.41. The highest BCUT2D eigenvalue weighted by Crippen LogP contribution is 2.35. The van der Waals surface area contributed by atoms with Crippen LogP contribution in [0.15, 0.2) is 92.7 Å². The second-order valence-electron chi connectivity index (χ2n) is 8.41. The van der Waals surface area contributed by atoms with Gasteiger partial charge in [0.05, 0.1) is 23.1 Å². The highest BCUT2D eigenvalue weighted by atomic mass is 32.2. The Morgan fingerprint density at radius 3 is 2.71 bits per heavy atom. The summed E-state index contributed by atoms with van der Waals surface area (Å²) in [7, 11) is 0. The minimum absolute atomic E-state index is 0.00358. The first-order valence-electron chi connectivity index (χ1n) is 11.3. The number of amides is 1. The van der Waals surface area contributed by atoms with Crippen molar-refractivity contribution in [1.82, 2.24) is 9.55 Å². The molecule has 0 saturated carbocycles. The lowest BCUT2D eigenvalue weighted by Gasteiger charge is -2.22. The van der Waals surface area contributed by atoms with Gasteiger partial charge in [0.15, 0.2) is 5.16 Å². The van der Waals surface area contributed by atoms with Gasteiger partial charge in [0.2, 0.25) is 5.91 Å². The highest BCUT2D eigenvalue weighted by molar-refractivity contribution is 7.99. The fourth-order valence-corrected chi connectivity index (χ4v) is 6.47. The molecule has 2 aromatic carbocycles. The lowest BCUT2D eigenvalue weighted by Crippen LogP contribution is -2.37. The van der Waals surface area contributed by atoms with Gasteiger partial charge in [-0.1, -0.05) is 48.2 Å². The van der Waals surface area contributed by atoms with Gasteiger partial charge in [-0.05, 0) is 49.2 Å². The van der Waals surface area contributed by atoms with E-state index in [0.717, 1.165) is 17.7 Å². The third-order valence-corrected chi connectivity index (χ3v) is 7.97. The first-order chi connectivity index (χ1) is 17.1. The molecule has 6 nitrogen and oxygen atoms in total. The first kappa shape index (κ1) is 21.9. The van der Waals surface area contributed by atoms with Crippen LogP contribution >= 0.6 is 23.1 Å². The topological polar surface area (TPSA) is 68.3 Å². The summed E-state index contributed by atoms with van der Waals surface area (Å²) in [6.45, 7) is 2.06. The third-order valence-electron chi connectivity index (χ3n) is 6.18. The van der Waals surface area contributed by atoms with E-state index in [0.29, 0.717) is 26.8 Å². The van der Waals surface area contributed by atoms with Gasteiger partial charge >= 0.3 is 0 Å². The van der Waals surface area contributed by atoms with Crippen molar-refractivity contribution in [1.29, 1.82) is 0 Å². The van der Waals surface area contributed by atoms with Crippen molar-refractivity contribution in [2.75, 3.05) is 10.7 Å². The van der Waals surface area contributed by atoms with E-state index in [9.17, 15) is 9.59 Å². The first-order valence-corrected chi connectivity index (χ1v) is 13.1. The van der Waals surface area contributed by atoms with Gasteiger partial charge in [-0.3, -0.25) is 14.2 Å². The van der Waals surface area contributed by atoms with E-state index in [1.165, 1.54) is 28.7 Å². The standard InChI is InChI=1S/C27H21N3O3S2/c1-17-14-18-8-5-6-11-21(18)29(17)23(31)16-35-27-28-25-24(20(15-34-25)22-12-7-13-33-22)26(32)30(27)19-9-3-2-4-10-19/h2-13,15,17H,14,16H2,1H3. The number of hydrogen-bond donors (Lipinski definition) is 0. The van der Waals surface area contributed by atoms with Crippen LogP contribution in [0.1, 0.15) is 12.5 Å². The average Bonchev–Trinajstić information content (AvgIpc) is 3.61. The minimum Gasteiger partial charge on any atom is -0.464 e. The molecule has 6 rings (SSSR count).